The Morgan fingerprint density at radius 3 is 2.62 bits per heavy atom. The maximum Gasteiger partial charge on any atom is 0.147 e. The standard InChI is InChI=1S/C10H23N3O2S/c1-12-5-6-13(10(8-11)9-12)4-3-7-16(2,14)15/h10H,3-9,11H2,1-2H3. The van der Waals surface area contributed by atoms with E-state index in [2.05, 4.69) is 16.8 Å². The van der Waals surface area contributed by atoms with Crippen LogP contribution in [-0.4, -0.2) is 76.0 Å². The molecule has 1 aliphatic rings. The monoisotopic (exact) mass is 249 g/mol. The van der Waals surface area contributed by atoms with Crippen LogP contribution in [0.25, 0.3) is 0 Å². The third kappa shape index (κ3) is 4.78. The molecular formula is C10H23N3O2S. The summed E-state index contributed by atoms with van der Waals surface area (Å²) in [4.78, 5) is 4.58. The van der Waals surface area contributed by atoms with Gasteiger partial charge < -0.3 is 10.6 Å². The van der Waals surface area contributed by atoms with Crippen LogP contribution < -0.4 is 5.73 Å². The van der Waals surface area contributed by atoms with E-state index >= 15 is 0 Å². The van der Waals surface area contributed by atoms with Crippen LogP contribution >= 0.6 is 0 Å². The number of hydrogen-bond donors (Lipinski definition) is 1. The van der Waals surface area contributed by atoms with E-state index in [-0.39, 0.29) is 5.75 Å². The first-order chi connectivity index (χ1) is 7.42. The summed E-state index contributed by atoms with van der Waals surface area (Å²) in [5.41, 5.74) is 5.73. The molecule has 0 spiro atoms. The Kier molecular flexibility index (Phi) is 5.17. The molecule has 1 rings (SSSR count). The van der Waals surface area contributed by atoms with Gasteiger partial charge in [-0.1, -0.05) is 0 Å². The summed E-state index contributed by atoms with van der Waals surface area (Å²) in [5, 5.41) is 0. The predicted molar refractivity (Wildman–Crippen MR) is 66.2 cm³/mol. The predicted octanol–water partition coefficient (Wildman–Crippen LogP) is -1.00. The Hall–Kier alpha value is -0.170. The molecule has 1 fully saturated rings. The van der Waals surface area contributed by atoms with Crippen LogP contribution in [-0.2, 0) is 9.84 Å². The second-order valence-corrected chi connectivity index (χ2v) is 6.93. The number of hydrogen-bond acceptors (Lipinski definition) is 5. The SMILES string of the molecule is CN1CCN(CCCS(C)(=O)=O)C(CN)C1. The number of rotatable bonds is 5. The molecule has 16 heavy (non-hydrogen) atoms. The lowest BCUT2D eigenvalue weighted by atomic mass is 10.1. The molecule has 0 aliphatic carbocycles. The minimum Gasteiger partial charge on any atom is -0.329 e. The van der Waals surface area contributed by atoms with Crippen LogP contribution in [0.2, 0.25) is 0 Å². The van der Waals surface area contributed by atoms with E-state index in [0.29, 0.717) is 19.0 Å². The Balaban J connectivity index is 2.35. The molecule has 0 aromatic rings. The molecule has 1 aliphatic heterocycles. The highest BCUT2D eigenvalue weighted by Crippen LogP contribution is 2.08. The molecule has 0 saturated carbocycles. The van der Waals surface area contributed by atoms with Gasteiger partial charge in [0.1, 0.15) is 9.84 Å². The highest BCUT2D eigenvalue weighted by molar-refractivity contribution is 7.90. The molecule has 1 heterocycles. The quantitative estimate of drug-likeness (QED) is 0.677. The summed E-state index contributed by atoms with van der Waals surface area (Å²) >= 11 is 0. The van der Waals surface area contributed by atoms with Gasteiger partial charge in [-0.15, -0.1) is 0 Å². The van der Waals surface area contributed by atoms with E-state index in [0.717, 1.165) is 26.2 Å². The normalized spacial score (nSPS) is 24.8. The van der Waals surface area contributed by atoms with Gasteiger partial charge >= 0.3 is 0 Å². The molecule has 0 aromatic carbocycles. The second-order valence-electron chi connectivity index (χ2n) is 4.67. The van der Waals surface area contributed by atoms with Crippen LogP contribution in [0.15, 0.2) is 0 Å². The zero-order valence-corrected chi connectivity index (χ0v) is 11.0. The second kappa shape index (κ2) is 5.95. The molecular weight excluding hydrogens is 226 g/mol. The number of sulfone groups is 1. The first kappa shape index (κ1) is 13.9. The first-order valence-electron chi connectivity index (χ1n) is 5.73. The number of piperazine rings is 1. The molecule has 0 bridgehead atoms. The van der Waals surface area contributed by atoms with E-state index < -0.39 is 9.84 Å². The minimum absolute atomic E-state index is 0.274. The molecule has 96 valence electrons. The Bertz CT molecular complexity index is 305. The topological polar surface area (TPSA) is 66.6 Å². The van der Waals surface area contributed by atoms with Crippen LogP contribution in [0.5, 0.6) is 0 Å². The van der Waals surface area contributed by atoms with Gasteiger partial charge in [0.25, 0.3) is 0 Å². The highest BCUT2D eigenvalue weighted by Gasteiger charge is 2.23. The molecule has 1 unspecified atom stereocenters. The maximum absolute atomic E-state index is 11.0. The third-order valence-electron chi connectivity index (χ3n) is 3.04. The van der Waals surface area contributed by atoms with Gasteiger partial charge in [0.2, 0.25) is 0 Å². The van der Waals surface area contributed by atoms with Gasteiger partial charge in [0.15, 0.2) is 0 Å². The zero-order valence-electron chi connectivity index (χ0n) is 10.2. The van der Waals surface area contributed by atoms with E-state index in [1.807, 2.05) is 0 Å². The van der Waals surface area contributed by atoms with Gasteiger partial charge in [-0.2, -0.15) is 0 Å². The van der Waals surface area contributed by atoms with Gasteiger partial charge in [-0.25, -0.2) is 8.42 Å². The molecule has 0 amide bonds. The third-order valence-corrected chi connectivity index (χ3v) is 4.07. The molecule has 1 atom stereocenters. The summed E-state index contributed by atoms with van der Waals surface area (Å²) in [5.74, 6) is 0.274. The average Bonchev–Trinajstić information content (AvgIpc) is 2.18. The van der Waals surface area contributed by atoms with Crippen molar-refractivity contribution in [1.82, 2.24) is 9.80 Å². The van der Waals surface area contributed by atoms with Gasteiger partial charge in [-0.3, -0.25) is 4.90 Å². The average molecular weight is 249 g/mol. The van der Waals surface area contributed by atoms with E-state index in [1.165, 1.54) is 6.26 Å². The largest absolute Gasteiger partial charge is 0.329 e. The Morgan fingerprint density at radius 2 is 2.06 bits per heavy atom. The van der Waals surface area contributed by atoms with E-state index in [4.69, 9.17) is 5.73 Å². The lowest BCUT2D eigenvalue weighted by Crippen LogP contribution is -2.55. The summed E-state index contributed by atoms with van der Waals surface area (Å²) in [6.45, 7) is 4.48. The van der Waals surface area contributed by atoms with Crippen LogP contribution in [0, 0.1) is 0 Å². The van der Waals surface area contributed by atoms with Crippen molar-refractivity contribution in [3.8, 4) is 0 Å². The zero-order chi connectivity index (χ0) is 12.2. The van der Waals surface area contributed by atoms with E-state index in [9.17, 15) is 8.42 Å². The number of nitrogens with two attached hydrogens (primary N) is 1. The van der Waals surface area contributed by atoms with Crippen molar-refractivity contribution in [3.05, 3.63) is 0 Å². The van der Waals surface area contributed by atoms with Crippen LogP contribution in [0.1, 0.15) is 6.42 Å². The van der Waals surface area contributed by atoms with Crippen molar-refractivity contribution >= 4 is 9.84 Å². The smallest absolute Gasteiger partial charge is 0.147 e. The lowest BCUT2D eigenvalue weighted by Gasteiger charge is -2.39. The van der Waals surface area contributed by atoms with Crippen molar-refractivity contribution in [1.29, 1.82) is 0 Å². The lowest BCUT2D eigenvalue weighted by molar-refractivity contribution is 0.0948. The minimum atomic E-state index is -2.83. The highest BCUT2D eigenvalue weighted by atomic mass is 32.2. The van der Waals surface area contributed by atoms with Crippen molar-refractivity contribution in [2.24, 2.45) is 5.73 Å². The number of likely N-dealkylation sites (N-methyl/N-ethyl adjacent to an activating group) is 1. The molecule has 0 radical (unpaired) electrons. The number of nitrogens with zero attached hydrogens (tertiary/aromatic N) is 2. The van der Waals surface area contributed by atoms with Crippen molar-refractivity contribution < 1.29 is 8.42 Å². The van der Waals surface area contributed by atoms with Gasteiger partial charge in [0, 0.05) is 38.5 Å². The summed E-state index contributed by atoms with van der Waals surface area (Å²) < 4.78 is 22.0. The fraction of sp³-hybridized carbons (Fsp3) is 1.00. The van der Waals surface area contributed by atoms with Crippen molar-refractivity contribution in [3.63, 3.8) is 0 Å². The molecule has 1 saturated heterocycles. The summed E-state index contributed by atoms with van der Waals surface area (Å²) in [7, 11) is -0.734. The van der Waals surface area contributed by atoms with E-state index in [1.54, 1.807) is 0 Å². The Morgan fingerprint density at radius 1 is 1.38 bits per heavy atom. The fourth-order valence-corrected chi connectivity index (χ4v) is 2.75. The van der Waals surface area contributed by atoms with Gasteiger partial charge in [-0.05, 0) is 20.0 Å². The molecule has 6 heteroatoms. The Labute approximate surface area is 98.5 Å². The van der Waals surface area contributed by atoms with Crippen molar-refractivity contribution in [2.75, 3.05) is 51.8 Å². The molecule has 0 aromatic heterocycles. The maximum atomic E-state index is 11.0. The van der Waals surface area contributed by atoms with Gasteiger partial charge in [0.05, 0.1) is 5.75 Å². The molecule has 5 nitrogen and oxygen atoms in total. The van der Waals surface area contributed by atoms with Crippen molar-refractivity contribution in [2.45, 2.75) is 12.5 Å². The van der Waals surface area contributed by atoms with Crippen LogP contribution in [0.3, 0.4) is 0 Å². The first-order valence-corrected chi connectivity index (χ1v) is 7.79. The summed E-state index contributed by atoms with van der Waals surface area (Å²) in [6, 6.07) is 0.373. The fourth-order valence-electron chi connectivity index (χ4n) is 2.10. The van der Waals surface area contributed by atoms with Crippen LogP contribution in [0.4, 0.5) is 0 Å². The summed E-state index contributed by atoms with van der Waals surface area (Å²) in [6.07, 6.45) is 2.00. The molecule has 2 N–H and O–H groups in total.